The lowest BCUT2D eigenvalue weighted by atomic mass is 9.96. The zero-order valence-electron chi connectivity index (χ0n) is 23.1. The fourth-order valence-electron chi connectivity index (χ4n) is 4.72. The Hall–Kier alpha value is -3.09. The van der Waals surface area contributed by atoms with E-state index in [1.165, 1.54) is 6.07 Å². The quantitative estimate of drug-likeness (QED) is 0.327. The fraction of sp³-hybridized carbons (Fsp3) is 0.533. The van der Waals surface area contributed by atoms with Crippen molar-refractivity contribution in [1.29, 1.82) is 0 Å². The highest BCUT2D eigenvalue weighted by atomic mass is 19.1. The number of hydrogen-bond donors (Lipinski definition) is 0. The summed E-state index contributed by atoms with van der Waals surface area (Å²) < 4.78 is 26.5. The minimum Gasteiger partial charge on any atom is -0.494 e. The summed E-state index contributed by atoms with van der Waals surface area (Å²) in [5, 5.41) is 0. The fourth-order valence-corrected chi connectivity index (χ4v) is 4.72. The summed E-state index contributed by atoms with van der Waals surface area (Å²) in [6.07, 6.45) is 3.94. The van der Waals surface area contributed by atoms with Crippen molar-refractivity contribution in [1.82, 2.24) is 4.90 Å². The van der Waals surface area contributed by atoms with Gasteiger partial charge in [-0.3, -0.25) is 4.79 Å². The van der Waals surface area contributed by atoms with Gasteiger partial charge in [0.2, 0.25) is 0 Å². The Morgan fingerprint density at radius 1 is 1.08 bits per heavy atom. The first kappa shape index (κ1) is 28.5. The molecular formula is C30H43FN2O4. The van der Waals surface area contributed by atoms with Gasteiger partial charge in [0, 0.05) is 32.3 Å². The van der Waals surface area contributed by atoms with Crippen LogP contribution in [0.3, 0.4) is 0 Å². The second-order valence-electron chi connectivity index (χ2n) is 10.7. The Balaban J connectivity index is 0.00000507. The SMILES string of the molecule is CCCCOc1ccc(C(=O)N(CC)c2ccc(C3CCC(N(C)C(=O)OC(C)(C)C)C3)c(F)c2)cc1.[HH]. The van der Waals surface area contributed by atoms with E-state index in [0.29, 0.717) is 36.4 Å². The molecule has 1 saturated carbocycles. The lowest BCUT2D eigenvalue weighted by Crippen LogP contribution is -2.39. The smallest absolute Gasteiger partial charge is 0.410 e. The number of anilines is 1. The molecule has 0 aliphatic heterocycles. The summed E-state index contributed by atoms with van der Waals surface area (Å²) in [5.74, 6) is 0.231. The average Bonchev–Trinajstić information content (AvgIpc) is 3.33. The molecule has 0 spiro atoms. The minimum atomic E-state index is -0.557. The van der Waals surface area contributed by atoms with E-state index in [1.807, 2.05) is 33.8 Å². The van der Waals surface area contributed by atoms with E-state index in [9.17, 15) is 9.59 Å². The van der Waals surface area contributed by atoms with Crippen molar-refractivity contribution >= 4 is 17.7 Å². The summed E-state index contributed by atoms with van der Waals surface area (Å²) >= 11 is 0. The van der Waals surface area contributed by atoms with Crippen molar-refractivity contribution in [3.63, 3.8) is 0 Å². The molecule has 7 heteroatoms. The van der Waals surface area contributed by atoms with Gasteiger partial charge in [-0.1, -0.05) is 19.4 Å². The maximum atomic E-state index is 15.3. The van der Waals surface area contributed by atoms with E-state index in [2.05, 4.69) is 6.92 Å². The van der Waals surface area contributed by atoms with Crippen LogP contribution in [-0.4, -0.2) is 48.7 Å². The van der Waals surface area contributed by atoms with Crippen molar-refractivity contribution in [2.75, 3.05) is 25.1 Å². The third-order valence-corrected chi connectivity index (χ3v) is 6.80. The van der Waals surface area contributed by atoms with Crippen molar-refractivity contribution < 1.29 is 24.9 Å². The Labute approximate surface area is 222 Å². The summed E-state index contributed by atoms with van der Waals surface area (Å²) in [5.41, 5.74) is 1.12. The van der Waals surface area contributed by atoms with E-state index < -0.39 is 5.60 Å². The molecule has 0 heterocycles. The second-order valence-corrected chi connectivity index (χ2v) is 10.7. The molecule has 3 rings (SSSR count). The molecule has 0 aromatic heterocycles. The van der Waals surface area contributed by atoms with E-state index in [-0.39, 0.29) is 31.2 Å². The van der Waals surface area contributed by atoms with Gasteiger partial charge in [-0.2, -0.15) is 0 Å². The minimum absolute atomic E-state index is 0. The van der Waals surface area contributed by atoms with Gasteiger partial charge in [-0.05, 0) is 101 Å². The molecule has 2 unspecified atom stereocenters. The predicted octanol–water partition coefficient (Wildman–Crippen LogP) is 7.42. The molecule has 2 aromatic carbocycles. The number of rotatable bonds is 9. The Kier molecular flexibility index (Phi) is 9.57. The van der Waals surface area contributed by atoms with Crippen molar-refractivity contribution in [2.45, 2.75) is 84.3 Å². The Morgan fingerprint density at radius 3 is 2.38 bits per heavy atom. The molecule has 2 amide bonds. The number of unbranched alkanes of at least 4 members (excludes halogenated alkanes) is 1. The van der Waals surface area contributed by atoms with Crippen molar-refractivity contribution in [3.8, 4) is 5.75 Å². The molecular weight excluding hydrogens is 471 g/mol. The van der Waals surface area contributed by atoms with Crippen LogP contribution >= 0.6 is 0 Å². The summed E-state index contributed by atoms with van der Waals surface area (Å²) in [4.78, 5) is 28.9. The Bertz CT molecular complexity index is 1070. The van der Waals surface area contributed by atoms with Crippen LogP contribution in [-0.2, 0) is 4.74 Å². The van der Waals surface area contributed by atoms with Crippen LogP contribution in [0.15, 0.2) is 42.5 Å². The number of hydrogen-bond acceptors (Lipinski definition) is 4. The molecule has 0 N–H and O–H groups in total. The topological polar surface area (TPSA) is 59.1 Å². The van der Waals surface area contributed by atoms with E-state index in [1.54, 1.807) is 47.2 Å². The van der Waals surface area contributed by atoms with E-state index in [4.69, 9.17) is 9.47 Å². The van der Waals surface area contributed by atoms with E-state index in [0.717, 1.165) is 31.4 Å². The maximum Gasteiger partial charge on any atom is 0.410 e. The first-order chi connectivity index (χ1) is 17.5. The van der Waals surface area contributed by atoms with Crippen LogP contribution in [0.25, 0.3) is 0 Å². The third kappa shape index (κ3) is 7.46. The molecule has 204 valence electrons. The highest BCUT2D eigenvalue weighted by Gasteiger charge is 2.34. The molecule has 37 heavy (non-hydrogen) atoms. The largest absolute Gasteiger partial charge is 0.494 e. The van der Waals surface area contributed by atoms with Crippen molar-refractivity contribution in [2.24, 2.45) is 0 Å². The molecule has 2 aromatic rings. The van der Waals surface area contributed by atoms with Gasteiger partial charge in [0.25, 0.3) is 5.91 Å². The average molecular weight is 515 g/mol. The standard InChI is InChI=1S/C30H41FN2O4.H2/c1-7-9-18-36-25-15-11-21(12-16-25)28(34)33(8-2)24-14-17-26(27(31)20-24)22-10-13-23(19-22)32(6)29(35)37-30(3,4)5;/h11-12,14-17,20,22-23H,7-10,13,18-19H2,1-6H3;1H. The van der Waals surface area contributed by atoms with Crippen LogP contribution in [0.2, 0.25) is 0 Å². The number of amides is 2. The van der Waals surface area contributed by atoms with Crippen LogP contribution in [0.4, 0.5) is 14.9 Å². The molecule has 0 radical (unpaired) electrons. The van der Waals surface area contributed by atoms with Gasteiger partial charge >= 0.3 is 6.09 Å². The van der Waals surface area contributed by atoms with Crippen LogP contribution < -0.4 is 9.64 Å². The highest BCUT2D eigenvalue weighted by molar-refractivity contribution is 6.06. The first-order valence-corrected chi connectivity index (χ1v) is 13.3. The van der Waals surface area contributed by atoms with Gasteiger partial charge in [-0.25, -0.2) is 9.18 Å². The predicted molar refractivity (Wildman–Crippen MR) is 147 cm³/mol. The monoisotopic (exact) mass is 514 g/mol. The Morgan fingerprint density at radius 2 is 1.78 bits per heavy atom. The molecule has 1 aliphatic rings. The van der Waals surface area contributed by atoms with E-state index >= 15 is 4.39 Å². The zero-order chi connectivity index (χ0) is 27.2. The number of halogens is 1. The van der Waals surface area contributed by atoms with Crippen molar-refractivity contribution in [3.05, 3.63) is 59.4 Å². The molecule has 0 saturated heterocycles. The normalized spacial score (nSPS) is 17.4. The molecule has 6 nitrogen and oxygen atoms in total. The molecule has 0 bridgehead atoms. The summed E-state index contributed by atoms with van der Waals surface area (Å²) in [6, 6.07) is 12.1. The van der Waals surface area contributed by atoms with Gasteiger partial charge in [0.05, 0.1) is 6.61 Å². The summed E-state index contributed by atoms with van der Waals surface area (Å²) in [7, 11) is 1.75. The van der Waals surface area contributed by atoms with Crippen LogP contribution in [0, 0.1) is 5.82 Å². The zero-order valence-corrected chi connectivity index (χ0v) is 23.1. The first-order valence-electron chi connectivity index (χ1n) is 13.3. The number of ether oxygens (including phenoxy) is 2. The third-order valence-electron chi connectivity index (χ3n) is 6.80. The van der Waals surface area contributed by atoms with Gasteiger partial charge in [0.15, 0.2) is 0 Å². The van der Waals surface area contributed by atoms with Crippen LogP contribution in [0.1, 0.15) is 90.0 Å². The number of carbonyl (C=O) groups is 2. The number of benzene rings is 2. The van der Waals surface area contributed by atoms with Gasteiger partial charge < -0.3 is 19.3 Å². The van der Waals surface area contributed by atoms with Gasteiger partial charge in [-0.15, -0.1) is 0 Å². The number of carbonyl (C=O) groups excluding carboxylic acids is 2. The lowest BCUT2D eigenvalue weighted by molar-refractivity contribution is 0.0225. The van der Waals surface area contributed by atoms with Crippen LogP contribution in [0.5, 0.6) is 5.75 Å². The van der Waals surface area contributed by atoms with Gasteiger partial charge in [0.1, 0.15) is 17.2 Å². The highest BCUT2D eigenvalue weighted by Crippen LogP contribution is 2.39. The summed E-state index contributed by atoms with van der Waals surface area (Å²) in [6.45, 7) is 10.6. The molecule has 2 atom stereocenters. The molecule has 1 fully saturated rings. The number of nitrogens with zero attached hydrogens (tertiary/aromatic N) is 2. The maximum absolute atomic E-state index is 15.3. The lowest BCUT2D eigenvalue weighted by Gasteiger charge is -2.28. The molecule has 1 aliphatic carbocycles. The second kappa shape index (κ2) is 12.4.